The minimum atomic E-state index is -1.10. The van der Waals surface area contributed by atoms with Gasteiger partial charge in [0.15, 0.2) is 6.61 Å². The molecule has 2 aliphatic rings. The molecular weight excluding hydrogens is 509 g/mol. The third-order valence-corrected chi connectivity index (χ3v) is 7.35. The maximum Gasteiger partial charge on any atom is 0.277 e. The van der Waals surface area contributed by atoms with Crippen molar-refractivity contribution in [2.75, 3.05) is 25.0 Å². The number of halogens is 2. The Morgan fingerprint density at radius 2 is 1.97 bits per heavy atom. The molecule has 10 nitrogen and oxygen atoms in total. The van der Waals surface area contributed by atoms with E-state index in [-0.39, 0.29) is 46.8 Å². The van der Waals surface area contributed by atoms with Gasteiger partial charge in [0, 0.05) is 19.0 Å². The molecule has 1 aliphatic carbocycles. The number of hydrogen-bond acceptors (Lipinski definition) is 6. The number of amides is 2. The topological polar surface area (TPSA) is 118 Å². The fourth-order valence-electron chi connectivity index (χ4n) is 4.35. The van der Waals surface area contributed by atoms with E-state index >= 15 is 0 Å². The summed E-state index contributed by atoms with van der Waals surface area (Å²) in [6.07, 6.45) is 5.56. The number of carbonyl (C=O) groups excluding carboxylic acids is 2. The highest BCUT2D eigenvalue weighted by Gasteiger charge is 2.39. The molecule has 3 aromatic rings. The predicted octanol–water partition coefficient (Wildman–Crippen LogP) is 2.58. The third kappa shape index (κ3) is 5.21. The Labute approximate surface area is 216 Å². The van der Waals surface area contributed by atoms with Crippen LogP contribution in [-0.4, -0.2) is 61.3 Å². The van der Waals surface area contributed by atoms with E-state index in [0.29, 0.717) is 36.6 Å². The van der Waals surface area contributed by atoms with Gasteiger partial charge in [0.05, 0.1) is 29.1 Å². The minimum absolute atomic E-state index is 0.0713. The molecule has 1 aliphatic heterocycles. The Bertz CT molecular complexity index is 1370. The Hall–Kier alpha value is -3.08. The van der Waals surface area contributed by atoms with Gasteiger partial charge in [-0.2, -0.15) is 5.10 Å². The molecule has 2 fully saturated rings. The fourth-order valence-corrected chi connectivity index (χ4v) is 4.70. The molecule has 1 saturated carbocycles. The zero-order valence-corrected chi connectivity index (χ0v) is 20.8. The monoisotopic (exact) mass is 533 g/mol. The molecule has 2 N–H and O–H groups in total. The highest BCUT2D eigenvalue weighted by atomic mass is 35.5. The lowest BCUT2D eigenvalue weighted by Gasteiger charge is -2.38. The lowest BCUT2D eigenvalue weighted by Crippen LogP contribution is -2.50. The molecule has 3 heterocycles. The first-order valence-corrected chi connectivity index (χ1v) is 12.4. The van der Waals surface area contributed by atoms with Crippen LogP contribution in [0.15, 0.2) is 41.6 Å². The van der Waals surface area contributed by atoms with E-state index in [4.69, 9.17) is 27.9 Å². The second-order valence-electron chi connectivity index (χ2n) is 9.34. The number of hydrogen-bond donors (Lipinski definition) is 2. The van der Waals surface area contributed by atoms with E-state index in [2.05, 4.69) is 10.4 Å². The molecule has 2 aromatic heterocycles. The number of carbonyl (C=O) groups is 2. The summed E-state index contributed by atoms with van der Waals surface area (Å²) < 4.78 is 8.16. The normalized spacial score (nSPS) is 17.2. The minimum Gasteiger partial charge on any atom is -0.482 e. The number of benzene rings is 1. The molecule has 0 spiro atoms. The summed E-state index contributed by atoms with van der Waals surface area (Å²) in [6.45, 7) is 0.708. The van der Waals surface area contributed by atoms with Crippen molar-refractivity contribution in [3.05, 3.63) is 57.2 Å². The summed E-state index contributed by atoms with van der Waals surface area (Å²) in [7, 11) is 0. The van der Waals surface area contributed by atoms with Crippen LogP contribution in [0.1, 0.15) is 25.7 Å². The zero-order valence-electron chi connectivity index (χ0n) is 19.3. The largest absolute Gasteiger partial charge is 0.482 e. The highest BCUT2D eigenvalue weighted by molar-refractivity contribution is 6.42. The number of ether oxygens (including phenoxy) is 1. The van der Waals surface area contributed by atoms with Gasteiger partial charge >= 0.3 is 0 Å². The summed E-state index contributed by atoms with van der Waals surface area (Å²) in [5, 5.41) is 18.5. The second kappa shape index (κ2) is 9.76. The van der Waals surface area contributed by atoms with Crippen LogP contribution >= 0.6 is 23.2 Å². The third-order valence-electron chi connectivity index (χ3n) is 6.55. The van der Waals surface area contributed by atoms with Gasteiger partial charge in [0.1, 0.15) is 22.6 Å². The first-order valence-electron chi connectivity index (χ1n) is 11.7. The number of aliphatic hydroxyl groups is 1. The number of nitrogens with zero attached hydrogens (tertiary/aromatic N) is 4. The van der Waals surface area contributed by atoms with Gasteiger partial charge in [0.25, 0.3) is 11.5 Å². The van der Waals surface area contributed by atoms with E-state index in [1.165, 1.54) is 27.7 Å². The summed E-state index contributed by atoms with van der Waals surface area (Å²) in [5.74, 6) is 0.146. The zero-order chi connectivity index (χ0) is 25.4. The van der Waals surface area contributed by atoms with Gasteiger partial charge in [-0.25, -0.2) is 4.52 Å². The molecule has 2 amide bonds. The molecule has 12 heteroatoms. The van der Waals surface area contributed by atoms with Crippen LogP contribution in [0.5, 0.6) is 5.75 Å². The number of rotatable bonds is 7. The van der Waals surface area contributed by atoms with E-state index in [1.54, 1.807) is 18.2 Å². The van der Waals surface area contributed by atoms with E-state index < -0.39 is 11.5 Å². The SMILES string of the molecule is O=C(COc1cccc(Cl)c1Cl)Nc1cc2c(=O)n(CC3(O)CCN(C(=O)C4CC4)CC3)cnn2c1. The number of anilines is 1. The van der Waals surface area contributed by atoms with Crippen LogP contribution < -0.4 is 15.6 Å². The van der Waals surface area contributed by atoms with Crippen LogP contribution in [0.25, 0.3) is 5.52 Å². The van der Waals surface area contributed by atoms with Crippen LogP contribution in [0.3, 0.4) is 0 Å². The average Bonchev–Trinajstić information content (AvgIpc) is 3.62. The predicted molar refractivity (Wildman–Crippen MR) is 134 cm³/mol. The molecule has 0 radical (unpaired) electrons. The fraction of sp³-hybridized carbons (Fsp3) is 0.417. The van der Waals surface area contributed by atoms with Gasteiger partial charge in [-0.1, -0.05) is 29.3 Å². The van der Waals surface area contributed by atoms with Crippen molar-refractivity contribution in [1.29, 1.82) is 0 Å². The van der Waals surface area contributed by atoms with E-state index in [0.717, 1.165) is 12.8 Å². The van der Waals surface area contributed by atoms with Crippen molar-refractivity contribution in [2.45, 2.75) is 37.8 Å². The van der Waals surface area contributed by atoms with E-state index in [9.17, 15) is 19.5 Å². The van der Waals surface area contributed by atoms with Crippen LogP contribution in [0.4, 0.5) is 5.69 Å². The Balaban J connectivity index is 1.22. The lowest BCUT2D eigenvalue weighted by atomic mass is 9.91. The van der Waals surface area contributed by atoms with E-state index in [1.807, 2.05) is 4.90 Å². The smallest absolute Gasteiger partial charge is 0.277 e. The molecule has 0 atom stereocenters. The average molecular weight is 534 g/mol. The highest BCUT2D eigenvalue weighted by Crippen LogP contribution is 2.33. The summed E-state index contributed by atoms with van der Waals surface area (Å²) in [4.78, 5) is 39.5. The number of piperidine rings is 1. The van der Waals surface area contributed by atoms with Crippen LogP contribution in [0.2, 0.25) is 10.0 Å². The summed E-state index contributed by atoms with van der Waals surface area (Å²) in [5.41, 5.74) is -0.838. The number of aromatic nitrogens is 3. The van der Waals surface area contributed by atoms with Gasteiger partial charge in [-0.3, -0.25) is 19.0 Å². The molecular formula is C24H25Cl2N5O5. The Kier molecular flexibility index (Phi) is 6.67. The quantitative estimate of drug-likeness (QED) is 0.481. The molecule has 0 unspecified atom stereocenters. The molecule has 190 valence electrons. The van der Waals surface area contributed by atoms with Crippen molar-refractivity contribution >= 4 is 46.2 Å². The molecule has 5 rings (SSSR count). The van der Waals surface area contributed by atoms with Gasteiger partial charge in [-0.15, -0.1) is 0 Å². The molecule has 0 bridgehead atoms. The first kappa shape index (κ1) is 24.6. The van der Waals surface area contributed by atoms with Crippen molar-refractivity contribution in [2.24, 2.45) is 5.92 Å². The van der Waals surface area contributed by atoms with Gasteiger partial charge in [-0.05, 0) is 43.9 Å². The number of likely N-dealkylation sites (tertiary alicyclic amines) is 1. The summed E-state index contributed by atoms with van der Waals surface area (Å²) in [6, 6.07) is 6.38. The van der Waals surface area contributed by atoms with Crippen molar-refractivity contribution < 1.29 is 19.4 Å². The van der Waals surface area contributed by atoms with Crippen molar-refractivity contribution in [3.63, 3.8) is 0 Å². The Morgan fingerprint density at radius 3 is 2.69 bits per heavy atom. The van der Waals surface area contributed by atoms with Crippen molar-refractivity contribution in [1.82, 2.24) is 19.1 Å². The lowest BCUT2D eigenvalue weighted by molar-refractivity contribution is -0.137. The maximum absolute atomic E-state index is 13.1. The van der Waals surface area contributed by atoms with Crippen molar-refractivity contribution in [3.8, 4) is 5.75 Å². The van der Waals surface area contributed by atoms with Gasteiger partial charge < -0.3 is 20.1 Å². The van der Waals surface area contributed by atoms with Gasteiger partial charge in [0.2, 0.25) is 5.91 Å². The molecule has 1 saturated heterocycles. The van der Waals surface area contributed by atoms with Crippen LogP contribution in [0, 0.1) is 5.92 Å². The number of fused-ring (bicyclic) bond motifs is 1. The molecule has 36 heavy (non-hydrogen) atoms. The standard InChI is InChI=1S/C24H25Cl2N5O5/c25-17-2-1-3-19(21(17)26)36-12-20(32)28-16-10-18-23(34)30(14-27-31(18)11-16)13-24(35)6-8-29(9-7-24)22(33)15-4-5-15/h1-3,10-11,14-15,35H,4-9,12-13H2,(H,28,32). The molecule has 1 aromatic carbocycles. The Morgan fingerprint density at radius 1 is 1.22 bits per heavy atom. The second-order valence-corrected chi connectivity index (χ2v) is 10.1. The number of nitrogens with one attached hydrogen (secondary N) is 1. The summed E-state index contributed by atoms with van der Waals surface area (Å²) >= 11 is 12.0. The maximum atomic E-state index is 13.1. The first-order chi connectivity index (χ1) is 17.2. The van der Waals surface area contributed by atoms with Crippen LogP contribution in [-0.2, 0) is 16.1 Å².